The van der Waals surface area contributed by atoms with Crippen LogP contribution in [0.2, 0.25) is 0 Å². The number of carbonyl (C=O) groups excluding carboxylic acids is 2. The van der Waals surface area contributed by atoms with Crippen molar-refractivity contribution in [2.24, 2.45) is 0 Å². The molecule has 0 bridgehead atoms. The van der Waals surface area contributed by atoms with Crippen LogP contribution in [0.1, 0.15) is 38.6 Å². The lowest BCUT2D eigenvalue weighted by Gasteiger charge is -2.09. The van der Waals surface area contributed by atoms with E-state index in [2.05, 4.69) is 5.32 Å². The lowest BCUT2D eigenvalue weighted by Crippen LogP contribution is -2.27. The predicted molar refractivity (Wildman–Crippen MR) is 75.9 cm³/mol. The van der Waals surface area contributed by atoms with Crippen LogP contribution in [0, 0.1) is 0 Å². The average molecular weight is 295 g/mol. The standard InChI is InChI=1S/C13H13NO3S2/c1-8(15)10-4-12(19-7-10)13(17)14-5-11(16)9-2-3-18-6-9/h2-4,6-7,11,16H,5H2,1H3,(H,14,17). The van der Waals surface area contributed by atoms with E-state index >= 15 is 0 Å². The maximum absolute atomic E-state index is 11.8. The van der Waals surface area contributed by atoms with E-state index < -0.39 is 6.10 Å². The molecule has 2 rings (SSSR count). The summed E-state index contributed by atoms with van der Waals surface area (Å²) in [5, 5.41) is 17.9. The van der Waals surface area contributed by atoms with Crippen molar-refractivity contribution in [1.82, 2.24) is 5.32 Å². The molecule has 100 valence electrons. The van der Waals surface area contributed by atoms with Crippen molar-refractivity contribution < 1.29 is 14.7 Å². The maximum atomic E-state index is 11.8. The van der Waals surface area contributed by atoms with Gasteiger partial charge in [0.05, 0.1) is 11.0 Å². The fraction of sp³-hybridized carbons (Fsp3) is 0.231. The van der Waals surface area contributed by atoms with E-state index in [9.17, 15) is 14.7 Å². The van der Waals surface area contributed by atoms with Crippen molar-refractivity contribution in [2.45, 2.75) is 13.0 Å². The number of hydrogen-bond donors (Lipinski definition) is 2. The Morgan fingerprint density at radius 1 is 1.42 bits per heavy atom. The number of thiophene rings is 2. The van der Waals surface area contributed by atoms with Gasteiger partial charge in [-0.3, -0.25) is 9.59 Å². The molecule has 6 heteroatoms. The van der Waals surface area contributed by atoms with E-state index in [0.717, 1.165) is 5.56 Å². The first-order chi connectivity index (χ1) is 9.08. The Labute approximate surface area is 118 Å². The Balaban J connectivity index is 1.92. The maximum Gasteiger partial charge on any atom is 0.261 e. The van der Waals surface area contributed by atoms with E-state index in [1.165, 1.54) is 29.6 Å². The van der Waals surface area contributed by atoms with Gasteiger partial charge in [-0.05, 0) is 35.4 Å². The molecule has 0 aliphatic rings. The minimum Gasteiger partial charge on any atom is -0.387 e. The monoisotopic (exact) mass is 295 g/mol. The van der Waals surface area contributed by atoms with Crippen molar-refractivity contribution in [3.05, 3.63) is 44.3 Å². The molecule has 1 amide bonds. The number of carbonyl (C=O) groups is 2. The third-order valence-corrected chi connectivity index (χ3v) is 4.24. The quantitative estimate of drug-likeness (QED) is 0.833. The van der Waals surface area contributed by atoms with Gasteiger partial charge >= 0.3 is 0 Å². The summed E-state index contributed by atoms with van der Waals surface area (Å²) in [5.74, 6) is -0.333. The molecule has 1 atom stereocenters. The molecule has 1 unspecified atom stereocenters. The molecule has 0 saturated carbocycles. The molecule has 2 aromatic heterocycles. The van der Waals surface area contributed by atoms with Crippen LogP contribution in [0.15, 0.2) is 28.3 Å². The normalized spacial score (nSPS) is 12.1. The average Bonchev–Trinajstić information content (AvgIpc) is 3.05. The second kappa shape index (κ2) is 6.10. The van der Waals surface area contributed by atoms with Gasteiger partial charge in [0.1, 0.15) is 0 Å². The van der Waals surface area contributed by atoms with Crippen LogP contribution < -0.4 is 5.32 Å². The molecule has 0 aliphatic heterocycles. The highest BCUT2D eigenvalue weighted by molar-refractivity contribution is 7.12. The van der Waals surface area contributed by atoms with E-state index in [0.29, 0.717) is 10.4 Å². The first-order valence-electron chi connectivity index (χ1n) is 5.65. The van der Waals surface area contributed by atoms with Gasteiger partial charge in [0.2, 0.25) is 0 Å². The Morgan fingerprint density at radius 3 is 2.79 bits per heavy atom. The summed E-state index contributed by atoms with van der Waals surface area (Å²) >= 11 is 2.72. The Hall–Kier alpha value is -1.50. The van der Waals surface area contributed by atoms with Crippen LogP contribution in [-0.2, 0) is 0 Å². The van der Waals surface area contributed by atoms with Crippen molar-refractivity contribution in [2.75, 3.05) is 6.54 Å². The molecule has 4 nitrogen and oxygen atoms in total. The second-order valence-electron chi connectivity index (χ2n) is 4.04. The smallest absolute Gasteiger partial charge is 0.261 e. The first-order valence-corrected chi connectivity index (χ1v) is 7.48. The van der Waals surface area contributed by atoms with E-state index in [1.54, 1.807) is 11.4 Å². The fourth-order valence-corrected chi connectivity index (χ4v) is 3.07. The van der Waals surface area contributed by atoms with E-state index in [1.807, 2.05) is 16.8 Å². The van der Waals surface area contributed by atoms with E-state index in [4.69, 9.17) is 0 Å². The predicted octanol–water partition coefficient (Wildman–Crippen LogP) is 2.48. The highest BCUT2D eigenvalue weighted by Crippen LogP contribution is 2.17. The van der Waals surface area contributed by atoms with Gasteiger partial charge in [-0.25, -0.2) is 0 Å². The van der Waals surface area contributed by atoms with Gasteiger partial charge in [0.25, 0.3) is 5.91 Å². The molecule has 2 N–H and O–H groups in total. The number of hydrogen-bond acceptors (Lipinski definition) is 5. The van der Waals surface area contributed by atoms with Crippen molar-refractivity contribution in [1.29, 1.82) is 0 Å². The summed E-state index contributed by atoms with van der Waals surface area (Å²) in [4.78, 5) is 23.4. The van der Waals surface area contributed by atoms with Gasteiger partial charge in [-0.2, -0.15) is 11.3 Å². The summed E-state index contributed by atoms with van der Waals surface area (Å²) in [6.07, 6.45) is -0.706. The zero-order valence-electron chi connectivity index (χ0n) is 10.3. The van der Waals surface area contributed by atoms with Gasteiger partial charge < -0.3 is 10.4 Å². The molecule has 2 heterocycles. The van der Waals surface area contributed by atoms with Gasteiger partial charge in [0.15, 0.2) is 5.78 Å². The Morgan fingerprint density at radius 2 is 2.21 bits per heavy atom. The summed E-state index contributed by atoms with van der Waals surface area (Å²) in [5.41, 5.74) is 1.33. The fourth-order valence-electron chi connectivity index (χ4n) is 1.50. The van der Waals surface area contributed by atoms with E-state index in [-0.39, 0.29) is 18.2 Å². The number of ketones is 1. The Bertz CT molecular complexity index is 574. The molecular formula is C13H13NO3S2. The first kappa shape index (κ1) is 13.9. The molecule has 19 heavy (non-hydrogen) atoms. The zero-order chi connectivity index (χ0) is 13.8. The summed E-state index contributed by atoms with van der Waals surface area (Å²) < 4.78 is 0. The minimum atomic E-state index is -0.706. The van der Waals surface area contributed by atoms with Crippen LogP contribution >= 0.6 is 22.7 Å². The van der Waals surface area contributed by atoms with Crippen molar-refractivity contribution >= 4 is 34.4 Å². The van der Waals surface area contributed by atoms with Gasteiger partial charge in [-0.1, -0.05) is 0 Å². The number of aliphatic hydroxyl groups excluding tert-OH is 1. The molecule has 0 aromatic carbocycles. The molecule has 0 saturated heterocycles. The van der Waals surface area contributed by atoms with Crippen LogP contribution in [-0.4, -0.2) is 23.3 Å². The molecule has 0 spiro atoms. The highest BCUT2D eigenvalue weighted by Gasteiger charge is 2.13. The molecule has 0 aliphatic carbocycles. The third kappa shape index (κ3) is 3.50. The number of nitrogens with one attached hydrogen (secondary N) is 1. The van der Waals surface area contributed by atoms with Gasteiger partial charge in [-0.15, -0.1) is 11.3 Å². The highest BCUT2D eigenvalue weighted by atomic mass is 32.1. The molecule has 0 fully saturated rings. The minimum absolute atomic E-state index is 0.0615. The van der Waals surface area contributed by atoms with Crippen LogP contribution in [0.25, 0.3) is 0 Å². The second-order valence-corrected chi connectivity index (χ2v) is 5.73. The van der Waals surface area contributed by atoms with Gasteiger partial charge in [0, 0.05) is 17.5 Å². The molecule has 2 aromatic rings. The summed E-state index contributed by atoms with van der Waals surface area (Å²) in [6, 6.07) is 3.39. The number of Topliss-reactive ketones (excluding diaryl/α,β-unsaturated/α-hetero) is 1. The number of rotatable bonds is 5. The van der Waals surface area contributed by atoms with Crippen LogP contribution in [0.4, 0.5) is 0 Å². The summed E-state index contributed by atoms with van der Waals surface area (Å²) in [7, 11) is 0. The number of amides is 1. The lowest BCUT2D eigenvalue weighted by molar-refractivity contribution is 0.0920. The SMILES string of the molecule is CC(=O)c1csc(C(=O)NCC(O)c2ccsc2)c1. The topological polar surface area (TPSA) is 66.4 Å². The molecule has 0 radical (unpaired) electrons. The molecular weight excluding hydrogens is 282 g/mol. The summed E-state index contributed by atoms with van der Waals surface area (Å²) in [6.45, 7) is 1.62. The van der Waals surface area contributed by atoms with Crippen LogP contribution in [0.5, 0.6) is 0 Å². The van der Waals surface area contributed by atoms with Crippen molar-refractivity contribution in [3.63, 3.8) is 0 Å². The van der Waals surface area contributed by atoms with Crippen LogP contribution in [0.3, 0.4) is 0 Å². The lowest BCUT2D eigenvalue weighted by atomic mass is 10.2. The Kier molecular flexibility index (Phi) is 4.47. The number of aliphatic hydroxyl groups is 1. The van der Waals surface area contributed by atoms with Crippen molar-refractivity contribution in [3.8, 4) is 0 Å². The zero-order valence-corrected chi connectivity index (χ0v) is 11.9. The largest absolute Gasteiger partial charge is 0.387 e. The third-order valence-electron chi connectivity index (χ3n) is 2.61.